The lowest BCUT2D eigenvalue weighted by atomic mass is 9.95. The van der Waals surface area contributed by atoms with Crippen LogP contribution in [0, 0.1) is 13.8 Å². The molecule has 1 aromatic carbocycles. The van der Waals surface area contributed by atoms with Gasteiger partial charge in [0.25, 0.3) is 5.56 Å². The highest BCUT2D eigenvalue weighted by atomic mass is 16.1. The van der Waals surface area contributed by atoms with Gasteiger partial charge in [0.15, 0.2) is 6.04 Å². The standard InChI is InChI=1S/C23H30N6O/c1-15-10-11-16(2)20-18(15)14-19(23(30)24-20)21(28-12-6-7-13-28)22-25-26-27-29(22)17-8-4-3-5-9-17/h10-11,14,17,21H,3-9,12-13H2,1-2H3,(H,24,30)/p+1/t21-/m1/s1. The number of hydrogen-bond acceptors (Lipinski definition) is 4. The first-order valence-electron chi connectivity index (χ1n) is 11.4. The van der Waals surface area contributed by atoms with Crippen molar-refractivity contribution in [1.82, 2.24) is 25.2 Å². The summed E-state index contributed by atoms with van der Waals surface area (Å²) in [5.41, 5.74) is 3.98. The molecule has 1 saturated heterocycles. The van der Waals surface area contributed by atoms with Gasteiger partial charge in [0, 0.05) is 18.2 Å². The van der Waals surface area contributed by atoms with Gasteiger partial charge in [-0.3, -0.25) is 4.79 Å². The van der Waals surface area contributed by atoms with Crippen LogP contribution >= 0.6 is 0 Å². The fourth-order valence-electron chi connectivity index (χ4n) is 5.44. The Hall–Kier alpha value is -2.54. The molecule has 0 unspecified atom stereocenters. The van der Waals surface area contributed by atoms with E-state index in [1.165, 1.54) is 42.6 Å². The van der Waals surface area contributed by atoms with E-state index in [-0.39, 0.29) is 11.6 Å². The molecule has 7 nitrogen and oxygen atoms in total. The summed E-state index contributed by atoms with van der Waals surface area (Å²) < 4.78 is 2.04. The zero-order valence-corrected chi connectivity index (χ0v) is 17.9. The first-order valence-corrected chi connectivity index (χ1v) is 11.4. The number of tetrazole rings is 1. The number of nitrogens with one attached hydrogen (secondary N) is 2. The molecule has 5 rings (SSSR count). The van der Waals surface area contributed by atoms with Gasteiger partial charge >= 0.3 is 0 Å². The van der Waals surface area contributed by atoms with Crippen LogP contribution in [0.25, 0.3) is 10.9 Å². The summed E-state index contributed by atoms with van der Waals surface area (Å²) in [4.78, 5) is 17.9. The predicted molar refractivity (Wildman–Crippen MR) is 116 cm³/mol. The molecule has 2 N–H and O–H groups in total. The first kappa shape index (κ1) is 19.4. The number of aromatic amines is 1. The zero-order chi connectivity index (χ0) is 20.7. The van der Waals surface area contributed by atoms with Crippen molar-refractivity contribution in [3.8, 4) is 0 Å². The average molecular weight is 408 g/mol. The van der Waals surface area contributed by atoms with Crippen LogP contribution in [0.2, 0.25) is 0 Å². The molecule has 0 spiro atoms. The van der Waals surface area contributed by atoms with Crippen molar-refractivity contribution in [2.24, 2.45) is 0 Å². The van der Waals surface area contributed by atoms with Gasteiger partial charge in [-0.15, -0.1) is 5.10 Å². The van der Waals surface area contributed by atoms with Crippen LogP contribution in [0.5, 0.6) is 0 Å². The molecule has 1 saturated carbocycles. The van der Waals surface area contributed by atoms with E-state index < -0.39 is 0 Å². The Bertz CT molecular complexity index is 1100. The van der Waals surface area contributed by atoms with Gasteiger partial charge in [-0.2, -0.15) is 0 Å². The molecule has 3 heterocycles. The highest BCUT2D eigenvalue weighted by Crippen LogP contribution is 2.30. The van der Waals surface area contributed by atoms with Crippen molar-refractivity contribution in [3.05, 3.63) is 51.1 Å². The molecule has 7 heteroatoms. The van der Waals surface area contributed by atoms with E-state index in [1.54, 1.807) is 0 Å². The topological polar surface area (TPSA) is 80.9 Å². The third-order valence-corrected chi connectivity index (χ3v) is 7.13. The van der Waals surface area contributed by atoms with Crippen molar-refractivity contribution in [1.29, 1.82) is 0 Å². The van der Waals surface area contributed by atoms with Gasteiger partial charge in [0.1, 0.15) is 0 Å². The average Bonchev–Trinajstić information content (AvgIpc) is 3.45. The summed E-state index contributed by atoms with van der Waals surface area (Å²) in [6.45, 7) is 6.25. The maximum absolute atomic E-state index is 13.3. The van der Waals surface area contributed by atoms with Gasteiger partial charge in [-0.05, 0) is 54.3 Å². The third kappa shape index (κ3) is 3.35. The molecular formula is C23H31N6O+. The van der Waals surface area contributed by atoms with E-state index >= 15 is 0 Å². The third-order valence-electron chi connectivity index (χ3n) is 7.13. The zero-order valence-electron chi connectivity index (χ0n) is 17.9. The summed E-state index contributed by atoms with van der Waals surface area (Å²) in [5, 5.41) is 14.1. The summed E-state index contributed by atoms with van der Waals surface area (Å²) in [6, 6.07) is 6.52. The quantitative estimate of drug-likeness (QED) is 0.696. The van der Waals surface area contributed by atoms with Crippen LogP contribution in [0.3, 0.4) is 0 Å². The van der Waals surface area contributed by atoms with E-state index in [9.17, 15) is 4.79 Å². The molecule has 2 aromatic heterocycles. The van der Waals surface area contributed by atoms with Crippen LogP contribution in [-0.2, 0) is 0 Å². The molecule has 1 aliphatic heterocycles. The molecule has 3 aromatic rings. The highest BCUT2D eigenvalue weighted by molar-refractivity contribution is 5.85. The van der Waals surface area contributed by atoms with Crippen LogP contribution < -0.4 is 10.5 Å². The number of quaternary nitrogens is 1. The van der Waals surface area contributed by atoms with Gasteiger partial charge in [-0.1, -0.05) is 31.4 Å². The van der Waals surface area contributed by atoms with Crippen molar-refractivity contribution in [3.63, 3.8) is 0 Å². The smallest absolute Gasteiger partial charge is 0.258 e. The lowest BCUT2D eigenvalue weighted by Gasteiger charge is -2.27. The molecular weight excluding hydrogens is 376 g/mol. The number of pyridine rings is 1. The first-order chi connectivity index (χ1) is 14.6. The second-order valence-corrected chi connectivity index (χ2v) is 9.11. The molecule has 1 atom stereocenters. The summed E-state index contributed by atoms with van der Waals surface area (Å²) in [5.74, 6) is 0.856. The second kappa shape index (κ2) is 7.95. The summed E-state index contributed by atoms with van der Waals surface area (Å²) >= 11 is 0. The minimum Gasteiger partial charge on any atom is -0.322 e. The number of hydrogen-bond donors (Lipinski definition) is 2. The van der Waals surface area contributed by atoms with Crippen LogP contribution in [0.15, 0.2) is 23.0 Å². The number of H-pyrrole nitrogens is 1. The lowest BCUT2D eigenvalue weighted by Crippen LogP contribution is -3.10. The Labute approximate surface area is 176 Å². The maximum atomic E-state index is 13.3. The number of rotatable bonds is 4. The van der Waals surface area contributed by atoms with Crippen molar-refractivity contribution >= 4 is 10.9 Å². The molecule has 0 bridgehead atoms. The number of aryl methyl sites for hydroxylation is 2. The van der Waals surface area contributed by atoms with Crippen LogP contribution in [0.4, 0.5) is 0 Å². The summed E-state index contributed by atoms with van der Waals surface area (Å²) in [7, 11) is 0. The van der Waals surface area contributed by atoms with Gasteiger partial charge in [-0.25, -0.2) is 4.68 Å². The second-order valence-electron chi connectivity index (χ2n) is 9.11. The van der Waals surface area contributed by atoms with Gasteiger partial charge in [0.05, 0.1) is 30.2 Å². The molecule has 1 aliphatic carbocycles. The van der Waals surface area contributed by atoms with Crippen molar-refractivity contribution < 1.29 is 4.90 Å². The Morgan fingerprint density at radius 1 is 1.07 bits per heavy atom. The highest BCUT2D eigenvalue weighted by Gasteiger charge is 2.37. The number of aromatic nitrogens is 5. The molecule has 158 valence electrons. The Morgan fingerprint density at radius 3 is 2.57 bits per heavy atom. The van der Waals surface area contributed by atoms with E-state index in [2.05, 4.69) is 45.6 Å². The number of likely N-dealkylation sites (tertiary alicyclic amines) is 1. The van der Waals surface area contributed by atoms with Crippen molar-refractivity contribution in [2.75, 3.05) is 13.1 Å². The number of benzene rings is 1. The number of nitrogens with zero attached hydrogens (tertiary/aromatic N) is 4. The van der Waals surface area contributed by atoms with E-state index in [0.717, 1.165) is 53.8 Å². The minimum absolute atomic E-state index is 0.0150. The number of fused-ring (bicyclic) bond motifs is 1. The minimum atomic E-state index is -0.127. The normalized spacial score (nSPS) is 19.5. The fourth-order valence-corrected chi connectivity index (χ4v) is 5.44. The molecule has 2 fully saturated rings. The molecule has 0 amide bonds. The predicted octanol–water partition coefficient (Wildman–Crippen LogP) is 2.40. The van der Waals surface area contributed by atoms with Gasteiger partial charge in [0.2, 0.25) is 5.82 Å². The van der Waals surface area contributed by atoms with E-state index in [4.69, 9.17) is 0 Å². The molecule has 0 radical (unpaired) electrons. The lowest BCUT2D eigenvalue weighted by molar-refractivity contribution is -0.914. The van der Waals surface area contributed by atoms with Crippen LogP contribution in [0.1, 0.15) is 79.5 Å². The monoisotopic (exact) mass is 407 g/mol. The largest absolute Gasteiger partial charge is 0.322 e. The Kier molecular flexibility index (Phi) is 5.15. The Morgan fingerprint density at radius 2 is 1.80 bits per heavy atom. The molecule has 2 aliphatic rings. The summed E-state index contributed by atoms with van der Waals surface area (Å²) in [6.07, 6.45) is 8.33. The Balaban J connectivity index is 1.67. The molecule has 30 heavy (non-hydrogen) atoms. The fraction of sp³-hybridized carbons (Fsp3) is 0.565. The van der Waals surface area contributed by atoms with Crippen molar-refractivity contribution in [2.45, 2.75) is 70.9 Å². The van der Waals surface area contributed by atoms with E-state index in [0.29, 0.717) is 6.04 Å². The van der Waals surface area contributed by atoms with Crippen LogP contribution in [-0.4, -0.2) is 38.3 Å². The van der Waals surface area contributed by atoms with E-state index in [1.807, 2.05) is 11.6 Å². The van der Waals surface area contributed by atoms with Gasteiger partial charge < -0.3 is 9.88 Å². The SMILES string of the molecule is Cc1ccc(C)c2[nH]c(=O)c([C@H](c3nnnn3C3CCCCC3)[NH+]3CCCC3)cc12. The maximum Gasteiger partial charge on any atom is 0.258 e.